The minimum atomic E-state index is -0.593. The summed E-state index contributed by atoms with van der Waals surface area (Å²) in [5, 5.41) is 3.76. The predicted molar refractivity (Wildman–Crippen MR) is 148 cm³/mol. The summed E-state index contributed by atoms with van der Waals surface area (Å²) in [5.41, 5.74) is 8.65. The Balaban J connectivity index is 1.75. The summed E-state index contributed by atoms with van der Waals surface area (Å²) < 4.78 is 4.74. The van der Waals surface area contributed by atoms with Crippen molar-refractivity contribution in [3.05, 3.63) is 103 Å². The van der Waals surface area contributed by atoms with E-state index in [1.165, 1.54) is 16.1 Å². The standard InChI is InChI=1S/C30H23N4Si/c1-35(2)22-13-8-12-21(18-22)34-26-16-9-17-31-27(26)28-30(34)29-24(19-32-28)23-14-6-7-15-25(23)33(29)20-10-4-3-5-11-20/h3-19H,1-2H3/q+1. The molecule has 0 N–H and O–H groups in total. The summed E-state index contributed by atoms with van der Waals surface area (Å²) in [7, 11) is -0.593. The lowest BCUT2D eigenvalue weighted by Gasteiger charge is -2.12. The molecule has 0 fully saturated rings. The van der Waals surface area contributed by atoms with Gasteiger partial charge in [0.1, 0.15) is 11.0 Å². The first-order valence-electron chi connectivity index (χ1n) is 11.9. The van der Waals surface area contributed by atoms with Gasteiger partial charge in [0, 0.05) is 34.5 Å². The molecule has 0 unspecified atom stereocenters. The Hall–Kier alpha value is -4.22. The number of hydrogen-bond donors (Lipinski definition) is 0. The second-order valence-corrected chi connectivity index (χ2v) is 11.7. The van der Waals surface area contributed by atoms with Crippen LogP contribution in [0.25, 0.3) is 55.2 Å². The van der Waals surface area contributed by atoms with Crippen molar-refractivity contribution in [2.45, 2.75) is 13.1 Å². The lowest BCUT2D eigenvalue weighted by Crippen LogP contribution is -2.22. The minimum Gasteiger partial charge on any atom is -0.307 e. The molecule has 0 spiro atoms. The van der Waals surface area contributed by atoms with Gasteiger partial charge in [-0.05, 0) is 48.5 Å². The number of nitrogens with zero attached hydrogens (tertiary/aromatic N) is 4. The third-order valence-corrected chi connectivity index (χ3v) is 8.32. The first-order chi connectivity index (χ1) is 17.2. The molecule has 0 radical (unpaired) electrons. The van der Waals surface area contributed by atoms with Gasteiger partial charge in [0.15, 0.2) is 0 Å². The van der Waals surface area contributed by atoms with Crippen LogP contribution < -0.4 is 5.19 Å². The Bertz CT molecular complexity index is 1880. The van der Waals surface area contributed by atoms with Gasteiger partial charge in [0.2, 0.25) is 0 Å². The van der Waals surface area contributed by atoms with E-state index in [0.29, 0.717) is 0 Å². The van der Waals surface area contributed by atoms with Crippen LogP contribution in [-0.2, 0) is 0 Å². The second-order valence-electron chi connectivity index (χ2n) is 9.16. The molecule has 0 atom stereocenters. The van der Waals surface area contributed by atoms with Gasteiger partial charge in [-0.2, -0.15) is 0 Å². The highest BCUT2D eigenvalue weighted by Crippen LogP contribution is 2.39. The van der Waals surface area contributed by atoms with E-state index in [1.54, 1.807) is 0 Å². The van der Waals surface area contributed by atoms with Crippen molar-refractivity contribution in [2.75, 3.05) is 0 Å². The third kappa shape index (κ3) is 2.92. The molecule has 0 aliphatic carbocycles. The predicted octanol–water partition coefficient (Wildman–Crippen LogP) is 6.63. The average molecular weight is 468 g/mol. The van der Waals surface area contributed by atoms with Gasteiger partial charge in [0.25, 0.3) is 0 Å². The molecular weight excluding hydrogens is 444 g/mol. The fourth-order valence-corrected chi connectivity index (χ4v) is 6.13. The Morgan fingerprint density at radius 3 is 2.20 bits per heavy atom. The highest BCUT2D eigenvalue weighted by Gasteiger charge is 2.23. The molecule has 0 aliphatic rings. The molecule has 7 rings (SSSR count). The molecule has 4 heterocycles. The van der Waals surface area contributed by atoms with Crippen molar-refractivity contribution in [3.8, 4) is 11.4 Å². The van der Waals surface area contributed by atoms with Crippen molar-refractivity contribution >= 4 is 57.9 Å². The van der Waals surface area contributed by atoms with Gasteiger partial charge in [-0.1, -0.05) is 42.5 Å². The Morgan fingerprint density at radius 2 is 1.34 bits per heavy atom. The van der Waals surface area contributed by atoms with Crippen molar-refractivity contribution in [2.24, 2.45) is 0 Å². The highest BCUT2D eigenvalue weighted by molar-refractivity contribution is 6.70. The van der Waals surface area contributed by atoms with Crippen LogP contribution in [0, 0.1) is 0 Å². The van der Waals surface area contributed by atoms with Crippen molar-refractivity contribution in [1.82, 2.24) is 19.1 Å². The van der Waals surface area contributed by atoms with Crippen molar-refractivity contribution in [1.29, 1.82) is 0 Å². The zero-order chi connectivity index (χ0) is 23.5. The lowest BCUT2D eigenvalue weighted by atomic mass is 10.2. The molecule has 166 valence electrons. The second kappa shape index (κ2) is 7.65. The third-order valence-electron chi connectivity index (χ3n) is 6.86. The van der Waals surface area contributed by atoms with Crippen LogP contribution in [-0.4, -0.2) is 27.9 Å². The summed E-state index contributed by atoms with van der Waals surface area (Å²) in [6.45, 7) is 4.68. The summed E-state index contributed by atoms with van der Waals surface area (Å²) in [6.07, 6.45) is 3.88. The molecule has 7 aromatic rings. The monoisotopic (exact) mass is 467 g/mol. The number of hydrogen-bond acceptors (Lipinski definition) is 2. The van der Waals surface area contributed by atoms with E-state index >= 15 is 0 Å². The maximum Gasteiger partial charge on any atom is 0.345 e. The van der Waals surface area contributed by atoms with Gasteiger partial charge in [-0.15, -0.1) is 0 Å². The topological polar surface area (TPSA) is 35.6 Å². The fourth-order valence-electron chi connectivity index (χ4n) is 5.27. The van der Waals surface area contributed by atoms with E-state index < -0.39 is 8.80 Å². The number of aromatic nitrogens is 4. The summed E-state index contributed by atoms with van der Waals surface area (Å²) in [6, 6.07) is 32.4. The Labute approximate surface area is 204 Å². The van der Waals surface area contributed by atoms with Gasteiger partial charge < -0.3 is 9.13 Å². The maximum absolute atomic E-state index is 5.01. The summed E-state index contributed by atoms with van der Waals surface area (Å²) >= 11 is 0. The fraction of sp³-hybridized carbons (Fsp3) is 0.0667. The Morgan fingerprint density at radius 1 is 0.600 bits per heavy atom. The summed E-state index contributed by atoms with van der Waals surface area (Å²) in [4.78, 5) is 9.80. The molecule has 0 saturated carbocycles. The van der Waals surface area contributed by atoms with E-state index in [-0.39, 0.29) is 0 Å². The van der Waals surface area contributed by atoms with Crippen LogP contribution in [0.1, 0.15) is 0 Å². The van der Waals surface area contributed by atoms with Crippen LogP contribution in [0.2, 0.25) is 13.1 Å². The van der Waals surface area contributed by atoms with E-state index in [1.807, 2.05) is 18.5 Å². The van der Waals surface area contributed by atoms with E-state index in [0.717, 1.165) is 44.3 Å². The smallest absolute Gasteiger partial charge is 0.307 e. The molecule has 5 heteroatoms. The zero-order valence-corrected chi connectivity index (χ0v) is 20.6. The molecule has 3 aromatic carbocycles. The number of fused-ring (bicyclic) bond motifs is 7. The van der Waals surface area contributed by atoms with E-state index in [4.69, 9.17) is 9.97 Å². The lowest BCUT2D eigenvalue weighted by molar-refractivity contribution is 1.15. The van der Waals surface area contributed by atoms with Crippen molar-refractivity contribution < 1.29 is 0 Å². The van der Waals surface area contributed by atoms with Crippen LogP contribution in [0.4, 0.5) is 0 Å². The quantitative estimate of drug-likeness (QED) is 0.273. The number of pyridine rings is 2. The summed E-state index contributed by atoms with van der Waals surface area (Å²) in [5.74, 6) is 0. The number of para-hydroxylation sites is 2. The molecule has 0 aliphatic heterocycles. The minimum absolute atomic E-state index is 0.593. The van der Waals surface area contributed by atoms with E-state index in [9.17, 15) is 0 Å². The molecule has 0 bridgehead atoms. The normalized spacial score (nSPS) is 11.7. The van der Waals surface area contributed by atoms with Gasteiger partial charge >= 0.3 is 8.80 Å². The largest absolute Gasteiger partial charge is 0.345 e. The van der Waals surface area contributed by atoms with Gasteiger partial charge in [-0.3, -0.25) is 9.97 Å². The van der Waals surface area contributed by atoms with Crippen LogP contribution in [0.5, 0.6) is 0 Å². The molecule has 4 nitrogen and oxygen atoms in total. The van der Waals surface area contributed by atoms with E-state index in [2.05, 4.69) is 107 Å². The SMILES string of the molecule is C[Si+](C)c1cccc(-n2c3cccnc3c3ncc4c5ccccc5n(-c5ccccc5)c4c32)c1. The molecule has 0 saturated heterocycles. The molecule has 0 amide bonds. The zero-order valence-electron chi connectivity index (χ0n) is 19.6. The Kier molecular flexibility index (Phi) is 4.41. The highest BCUT2D eigenvalue weighted by atomic mass is 28.3. The first kappa shape index (κ1) is 20.2. The van der Waals surface area contributed by atoms with Gasteiger partial charge in [-0.25, -0.2) is 0 Å². The molecule has 4 aromatic heterocycles. The average Bonchev–Trinajstić information content (AvgIpc) is 3.42. The maximum atomic E-state index is 5.01. The first-order valence-corrected chi connectivity index (χ1v) is 14.4. The number of rotatable bonds is 3. The van der Waals surface area contributed by atoms with Gasteiger partial charge in [0.05, 0.1) is 40.3 Å². The number of benzene rings is 3. The van der Waals surface area contributed by atoms with Crippen LogP contribution in [0.3, 0.4) is 0 Å². The molecular formula is C30H23N4Si+. The van der Waals surface area contributed by atoms with Crippen LogP contribution >= 0.6 is 0 Å². The van der Waals surface area contributed by atoms with Crippen LogP contribution in [0.15, 0.2) is 103 Å². The van der Waals surface area contributed by atoms with Crippen molar-refractivity contribution in [3.63, 3.8) is 0 Å². The molecule has 35 heavy (non-hydrogen) atoms.